The van der Waals surface area contributed by atoms with Crippen LogP contribution in [-0.2, 0) is 4.74 Å². The second kappa shape index (κ2) is 2.64. The van der Waals surface area contributed by atoms with E-state index in [2.05, 4.69) is 5.32 Å². The third-order valence-electron chi connectivity index (χ3n) is 1.71. The van der Waals surface area contributed by atoms with E-state index in [9.17, 15) is 0 Å². The zero-order valence-corrected chi connectivity index (χ0v) is 5.18. The molecule has 0 spiro atoms. The fourth-order valence-electron chi connectivity index (χ4n) is 0.975. The summed E-state index contributed by atoms with van der Waals surface area (Å²) in [4.78, 5) is 0. The minimum absolute atomic E-state index is 0.252. The van der Waals surface area contributed by atoms with E-state index in [0.717, 1.165) is 0 Å². The van der Waals surface area contributed by atoms with Crippen molar-refractivity contribution in [1.29, 1.82) is 0 Å². The van der Waals surface area contributed by atoms with Gasteiger partial charge in [0.15, 0.2) is 0 Å². The molecule has 1 aliphatic rings. The molecule has 3 nitrogen and oxygen atoms in total. The number of rotatable bonds is 2. The molecule has 1 rings (SSSR count). The lowest BCUT2D eigenvalue weighted by molar-refractivity contribution is -0.0358. The van der Waals surface area contributed by atoms with Crippen LogP contribution in [0.3, 0.4) is 0 Å². The first-order valence-corrected chi connectivity index (χ1v) is 2.99. The number of ether oxygens (including phenoxy) is 1. The van der Waals surface area contributed by atoms with Crippen molar-refractivity contribution in [1.82, 2.24) is 5.32 Å². The van der Waals surface area contributed by atoms with E-state index in [0.29, 0.717) is 19.5 Å². The van der Waals surface area contributed by atoms with Gasteiger partial charge in [0, 0.05) is 13.6 Å². The minimum atomic E-state index is -2.42. The van der Waals surface area contributed by atoms with Crippen molar-refractivity contribution < 1.29 is 14.0 Å². The fraction of sp³-hybridized carbons (Fsp3) is 1.00. The standard InChI is InChI=1S/C6H13NO2/c1-9-6(5-8)2-3-7-4-6/h7-8H,2-5H2,1H3/i1D3. The predicted molar refractivity (Wildman–Crippen MR) is 34.3 cm³/mol. The molecule has 0 amide bonds. The quantitative estimate of drug-likeness (QED) is 0.527. The Morgan fingerprint density at radius 3 is 3.33 bits per heavy atom. The lowest BCUT2D eigenvalue weighted by Crippen LogP contribution is -2.37. The van der Waals surface area contributed by atoms with Gasteiger partial charge in [-0.05, 0) is 13.0 Å². The van der Waals surface area contributed by atoms with Crippen LogP contribution in [0.25, 0.3) is 0 Å². The molecule has 2 N–H and O–H groups in total. The van der Waals surface area contributed by atoms with E-state index in [4.69, 9.17) is 14.0 Å². The first-order chi connectivity index (χ1) is 5.47. The van der Waals surface area contributed by atoms with Gasteiger partial charge in [0.2, 0.25) is 0 Å². The Hall–Kier alpha value is -0.120. The molecule has 3 heteroatoms. The summed E-state index contributed by atoms with van der Waals surface area (Å²) in [6.45, 7) is 0.844. The zero-order valence-electron chi connectivity index (χ0n) is 8.18. The van der Waals surface area contributed by atoms with Gasteiger partial charge in [0.05, 0.1) is 10.7 Å². The number of nitrogens with one attached hydrogen (secondary N) is 1. The zero-order chi connectivity index (χ0) is 9.24. The molecule has 9 heavy (non-hydrogen) atoms. The lowest BCUT2D eigenvalue weighted by Gasteiger charge is -2.22. The Balaban J connectivity index is 2.55. The molecular weight excluding hydrogens is 118 g/mol. The van der Waals surface area contributed by atoms with E-state index in [1.165, 1.54) is 0 Å². The Bertz CT molecular complexity index is 153. The topological polar surface area (TPSA) is 41.5 Å². The molecule has 1 heterocycles. The van der Waals surface area contributed by atoms with Gasteiger partial charge in [-0.25, -0.2) is 0 Å². The van der Waals surface area contributed by atoms with Crippen molar-refractivity contribution in [3.63, 3.8) is 0 Å². The van der Waals surface area contributed by atoms with Gasteiger partial charge in [-0.1, -0.05) is 0 Å². The van der Waals surface area contributed by atoms with Crippen molar-refractivity contribution in [3.8, 4) is 0 Å². The summed E-state index contributed by atoms with van der Waals surface area (Å²) >= 11 is 0. The molecule has 0 radical (unpaired) electrons. The molecule has 0 bridgehead atoms. The number of aliphatic hydroxyl groups excluding tert-OH is 1. The summed E-state index contributed by atoms with van der Waals surface area (Å²) in [5.74, 6) is 0. The van der Waals surface area contributed by atoms with E-state index in [1.807, 2.05) is 0 Å². The Labute approximate surface area is 59.2 Å². The molecule has 54 valence electrons. The molecular formula is C6H13NO2. The molecule has 1 unspecified atom stereocenters. The molecule has 0 aliphatic carbocycles. The molecule has 1 aliphatic heterocycles. The first kappa shape index (κ1) is 3.91. The largest absolute Gasteiger partial charge is 0.393 e. The Morgan fingerprint density at radius 2 is 2.89 bits per heavy atom. The van der Waals surface area contributed by atoms with Gasteiger partial charge in [-0.15, -0.1) is 0 Å². The Morgan fingerprint density at radius 1 is 2.00 bits per heavy atom. The van der Waals surface area contributed by atoms with Gasteiger partial charge in [0.25, 0.3) is 0 Å². The van der Waals surface area contributed by atoms with Gasteiger partial charge in [-0.2, -0.15) is 0 Å². The lowest BCUT2D eigenvalue weighted by atomic mass is 10.1. The van der Waals surface area contributed by atoms with Crippen molar-refractivity contribution in [2.45, 2.75) is 12.0 Å². The molecule has 1 atom stereocenters. The normalized spacial score (nSPS) is 41.7. The average molecular weight is 134 g/mol. The third kappa shape index (κ3) is 1.23. The first-order valence-electron chi connectivity index (χ1n) is 4.49. The maximum atomic E-state index is 8.96. The predicted octanol–water partition coefficient (Wildman–Crippen LogP) is -0.643. The van der Waals surface area contributed by atoms with Crippen molar-refractivity contribution in [2.24, 2.45) is 0 Å². The molecule has 1 fully saturated rings. The fourth-order valence-corrected chi connectivity index (χ4v) is 0.975. The average Bonchev–Trinajstić information content (AvgIpc) is 2.34. The molecule has 0 aromatic rings. The van der Waals surface area contributed by atoms with Crippen LogP contribution in [0.2, 0.25) is 0 Å². The Kier molecular flexibility index (Phi) is 1.15. The maximum Gasteiger partial charge on any atom is 0.104 e. The number of hydrogen-bond donors (Lipinski definition) is 2. The van der Waals surface area contributed by atoms with Crippen LogP contribution in [-0.4, -0.2) is 37.4 Å². The van der Waals surface area contributed by atoms with Crippen LogP contribution in [0.1, 0.15) is 10.5 Å². The summed E-state index contributed by atoms with van der Waals surface area (Å²) in [5.41, 5.74) is -0.898. The minimum Gasteiger partial charge on any atom is -0.393 e. The van der Waals surface area contributed by atoms with Crippen molar-refractivity contribution in [2.75, 3.05) is 26.7 Å². The van der Waals surface area contributed by atoms with E-state index < -0.39 is 12.6 Å². The number of hydrogen-bond acceptors (Lipinski definition) is 3. The summed E-state index contributed by atoms with van der Waals surface area (Å²) in [6, 6.07) is 0. The molecule has 1 saturated heterocycles. The SMILES string of the molecule is [2H]C([2H])([2H])OC1(CO)CCNC1. The van der Waals surface area contributed by atoms with Gasteiger partial charge < -0.3 is 15.2 Å². The summed E-state index contributed by atoms with van der Waals surface area (Å²) in [5, 5.41) is 11.9. The van der Waals surface area contributed by atoms with Crippen LogP contribution in [0.15, 0.2) is 0 Å². The second-order valence-corrected chi connectivity index (χ2v) is 2.37. The molecule has 0 saturated carbocycles. The van der Waals surface area contributed by atoms with E-state index >= 15 is 0 Å². The maximum absolute atomic E-state index is 8.96. The second-order valence-electron chi connectivity index (χ2n) is 2.37. The highest BCUT2D eigenvalue weighted by atomic mass is 16.5. The van der Waals surface area contributed by atoms with Crippen LogP contribution in [0, 0.1) is 0 Å². The van der Waals surface area contributed by atoms with Crippen LogP contribution >= 0.6 is 0 Å². The summed E-state index contributed by atoms with van der Waals surface area (Å²) in [7, 11) is -2.42. The summed E-state index contributed by atoms with van der Waals surface area (Å²) < 4.78 is 25.5. The smallest absolute Gasteiger partial charge is 0.104 e. The summed E-state index contributed by atoms with van der Waals surface area (Å²) in [6.07, 6.45) is 0.544. The highest BCUT2D eigenvalue weighted by Gasteiger charge is 2.32. The van der Waals surface area contributed by atoms with Gasteiger partial charge in [-0.3, -0.25) is 0 Å². The van der Waals surface area contributed by atoms with Gasteiger partial charge in [0.1, 0.15) is 5.60 Å². The van der Waals surface area contributed by atoms with Crippen molar-refractivity contribution in [3.05, 3.63) is 0 Å². The highest BCUT2D eigenvalue weighted by molar-refractivity contribution is 4.88. The van der Waals surface area contributed by atoms with Crippen molar-refractivity contribution >= 4 is 0 Å². The van der Waals surface area contributed by atoms with Crippen LogP contribution in [0.4, 0.5) is 0 Å². The number of aliphatic hydroxyl groups is 1. The molecule has 0 aromatic carbocycles. The molecule has 0 aromatic heterocycles. The van der Waals surface area contributed by atoms with Gasteiger partial charge >= 0.3 is 0 Å². The third-order valence-corrected chi connectivity index (χ3v) is 1.71. The van der Waals surface area contributed by atoms with Crippen LogP contribution in [0.5, 0.6) is 0 Å². The monoisotopic (exact) mass is 134 g/mol. The van der Waals surface area contributed by atoms with E-state index in [1.54, 1.807) is 0 Å². The van der Waals surface area contributed by atoms with E-state index in [-0.39, 0.29) is 6.61 Å². The highest BCUT2D eigenvalue weighted by Crippen LogP contribution is 2.16. The van der Waals surface area contributed by atoms with Crippen LogP contribution < -0.4 is 5.32 Å². The number of methoxy groups -OCH3 is 1.